The van der Waals surface area contributed by atoms with E-state index in [2.05, 4.69) is 15.2 Å². The first-order valence-electron chi connectivity index (χ1n) is 7.89. The number of hydrogen-bond acceptors (Lipinski definition) is 7. The van der Waals surface area contributed by atoms with Gasteiger partial charge in [0, 0.05) is 19.3 Å². The number of H-pyrrole nitrogens is 1. The standard InChI is InChI=1S/C17H16N4O5/c1-21(7-11-4-5-18-20-11)17(22)13-8-24-16(19-13)9-23-12-2-3-14-15(6-12)26-10-25-14/h2-6,8H,7,9-10H2,1H3,(H,18,20). The van der Waals surface area contributed by atoms with Crippen LogP contribution in [-0.2, 0) is 13.2 Å². The predicted molar refractivity (Wildman–Crippen MR) is 87.8 cm³/mol. The number of carbonyl (C=O) groups excluding carboxylic acids is 1. The molecule has 26 heavy (non-hydrogen) atoms. The summed E-state index contributed by atoms with van der Waals surface area (Å²) in [6, 6.07) is 7.07. The van der Waals surface area contributed by atoms with Crippen molar-refractivity contribution in [3.63, 3.8) is 0 Å². The predicted octanol–water partition coefficient (Wildman–Crippen LogP) is 1.98. The zero-order valence-corrected chi connectivity index (χ0v) is 14.0. The molecule has 2 aromatic heterocycles. The number of ether oxygens (including phenoxy) is 3. The molecule has 0 unspecified atom stereocenters. The molecule has 0 saturated heterocycles. The summed E-state index contributed by atoms with van der Waals surface area (Å²) in [6.07, 6.45) is 2.96. The highest BCUT2D eigenvalue weighted by molar-refractivity contribution is 5.91. The van der Waals surface area contributed by atoms with Crippen molar-refractivity contribution in [3.8, 4) is 17.2 Å². The minimum absolute atomic E-state index is 0.0944. The fraction of sp³-hybridized carbons (Fsp3) is 0.235. The summed E-state index contributed by atoms with van der Waals surface area (Å²) in [7, 11) is 1.68. The van der Waals surface area contributed by atoms with E-state index in [1.54, 1.807) is 37.5 Å². The number of nitrogens with one attached hydrogen (secondary N) is 1. The molecule has 9 nitrogen and oxygen atoms in total. The van der Waals surface area contributed by atoms with Gasteiger partial charge in [0.25, 0.3) is 5.91 Å². The van der Waals surface area contributed by atoms with Gasteiger partial charge in [-0.1, -0.05) is 0 Å². The molecule has 1 N–H and O–H groups in total. The van der Waals surface area contributed by atoms with E-state index in [1.807, 2.05) is 0 Å². The van der Waals surface area contributed by atoms with E-state index in [4.69, 9.17) is 18.6 Å². The summed E-state index contributed by atoms with van der Waals surface area (Å²) in [6.45, 7) is 0.696. The Labute approximate surface area is 148 Å². The molecule has 3 aromatic rings. The summed E-state index contributed by atoms with van der Waals surface area (Å²) >= 11 is 0. The largest absolute Gasteiger partial charge is 0.484 e. The van der Waals surface area contributed by atoms with Crippen LogP contribution in [0.1, 0.15) is 22.1 Å². The van der Waals surface area contributed by atoms with E-state index < -0.39 is 0 Å². The Balaban J connectivity index is 1.36. The van der Waals surface area contributed by atoms with E-state index in [-0.39, 0.29) is 25.0 Å². The average molecular weight is 356 g/mol. The third-order valence-corrected chi connectivity index (χ3v) is 3.79. The smallest absolute Gasteiger partial charge is 0.275 e. The van der Waals surface area contributed by atoms with Crippen LogP contribution in [0.5, 0.6) is 17.2 Å². The van der Waals surface area contributed by atoms with Gasteiger partial charge >= 0.3 is 0 Å². The van der Waals surface area contributed by atoms with Crippen molar-refractivity contribution in [2.75, 3.05) is 13.8 Å². The van der Waals surface area contributed by atoms with E-state index in [1.165, 1.54) is 11.2 Å². The number of nitrogens with zero attached hydrogens (tertiary/aromatic N) is 3. The lowest BCUT2D eigenvalue weighted by molar-refractivity contribution is 0.0777. The zero-order valence-electron chi connectivity index (χ0n) is 14.0. The molecule has 0 atom stereocenters. The van der Waals surface area contributed by atoms with Gasteiger partial charge in [-0.15, -0.1) is 0 Å². The monoisotopic (exact) mass is 356 g/mol. The summed E-state index contributed by atoms with van der Waals surface area (Å²) in [4.78, 5) is 18.1. The average Bonchev–Trinajstić information content (AvgIpc) is 3.40. The number of amides is 1. The third kappa shape index (κ3) is 3.32. The van der Waals surface area contributed by atoms with Gasteiger partial charge in [-0.25, -0.2) is 4.98 Å². The van der Waals surface area contributed by atoms with Crippen LogP contribution in [0, 0.1) is 0 Å². The number of aromatic nitrogens is 3. The SMILES string of the molecule is CN(Cc1ccn[nH]1)C(=O)c1coc(COc2ccc3c(c2)OCO3)n1. The molecular weight excluding hydrogens is 340 g/mol. The minimum atomic E-state index is -0.252. The Kier molecular flexibility index (Phi) is 4.18. The fourth-order valence-corrected chi connectivity index (χ4v) is 2.48. The molecule has 1 amide bonds. The van der Waals surface area contributed by atoms with Crippen molar-refractivity contribution in [1.29, 1.82) is 0 Å². The number of rotatable bonds is 6. The number of hydrogen-bond donors (Lipinski definition) is 1. The van der Waals surface area contributed by atoms with Crippen LogP contribution in [0.2, 0.25) is 0 Å². The van der Waals surface area contributed by atoms with Crippen molar-refractivity contribution in [1.82, 2.24) is 20.1 Å². The first-order chi connectivity index (χ1) is 12.7. The molecule has 4 rings (SSSR count). The number of fused-ring (bicyclic) bond motifs is 1. The topological polar surface area (TPSA) is 103 Å². The Morgan fingerprint density at radius 3 is 3.04 bits per heavy atom. The van der Waals surface area contributed by atoms with E-state index in [9.17, 15) is 4.79 Å². The molecule has 1 aliphatic rings. The van der Waals surface area contributed by atoms with Crippen LogP contribution in [0.25, 0.3) is 0 Å². The van der Waals surface area contributed by atoms with Crippen LogP contribution in [-0.4, -0.2) is 39.8 Å². The molecule has 0 bridgehead atoms. The summed E-state index contributed by atoms with van der Waals surface area (Å²) in [5, 5.41) is 6.66. The summed E-state index contributed by atoms with van der Waals surface area (Å²) in [5.74, 6) is 1.96. The molecule has 0 fully saturated rings. The van der Waals surface area contributed by atoms with Crippen molar-refractivity contribution in [2.45, 2.75) is 13.2 Å². The van der Waals surface area contributed by atoms with E-state index in [0.29, 0.717) is 29.7 Å². The lowest BCUT2D eigenvalue weighted by Gasteiger charge is -2.13. The van der Waals surface area contributed by atoms with Gasteiger partial charge < -0.3 is 23.5 Å². The number of aromatic amines is 1. The highest BCUT2D eigenvalue weighted by atomic mass is 16.7. The number of carbonyl (C=O) groups is 1. The highest BCUT2D eigenvalue weighted by Crippen LogP contribution is 2.35. The van der Waals surface area contributed by atoms with Crippen LogP contribution in [0.4, 0.5) is 0 Å². The van der Waals surface area contributed by atoms with Gasteiger partial charge in [0.15, 0.2) is 23.8 Å². The zero-order chi connectivity index (χ0) is 17.9. The maximum Gasteiger partial charge on any atom is 0.275 e. The molecule has 1 aliphatic heterocycles. The second-order valence-electron chi connectivity index (χ2n) is 5.67. The number of benzene rings is 1. The van der Waals surface area contributed by atoms with Crippen LogP contribution in [0.15, 0.2) is 41.1 Å². The molecule has 0 radical (unpaired) electrons. The highest BCUT2D eigenvalue weighted by Gasteiger charge is 2.18. The third-order valence-electron chi connectivity index (χ3n) is 3.79. The van der Waals surface area contributed by atoms with Crippen LogP contribution < -0.4 is 14.2 Å². The molecule has 0 aliphatic carbocycles. The Hall–Kier alpha value is -3.49. The molecule has 1 aromatic carbocycles. The maximum atomic E-state index is 12.4. The first kappa shape index (κ1) is 16.0. The lowest BCUT2D eigenvalue weighted by atomic mass is 10.3. The molecular formula is C17H16N4O5. The van der Waals surface area contributed by atoms with Crippen LogP contribution >= 0.6 is 0 Å². The van der Waals surface area contributed by atoms with Gasteiger partial charge in [-0.05, 0) is 18.2 Å². The van der Waals surface area contributed by atoms with E-state index in [0.717, 1.165) is 5.69 Å². The van der Waals surface area contributed by atoms with E-state index >= 15 is 0 Å². The Morgan fingerprint density at radius 1 is 1.31 bits per heavy atom. The minimum Gasteiger partial charge on any atom is -0.484 e. The molecule has 0 saturated carbocycles. The lowest BCUT2D eigenvalue weighted by Crippen LogP contribution is -2.26. The maximum absolute atomic E-state index is 12.4. The van der Waals surface area contributed by atoms with Crippen molar-refractivity contribution in [2.24, 2.45) is 0 Å². The van der Waals surface area contributed by atoms with Crippen molar-refractivity contribution < 1.29 is 23.4 Å². The Bertz CT molecular complexity index is 906. The van der Waals surface area contributed by atoms with Gasteiger partial charge in [-0.2, -0.15) is 5.10 Å². The number of oxazole rings is 1. The van der Waals surface area contributed by atoms with Crippen LogP contribution in [0.3, 0.4) is 0 Å². The Morgan fingerprint density at radius 2 is 2.19 bits per heavy atom. The van der Waals surface area contributed by atoms with Gasteiger partial charge in [0.1, 0.15) is 12.0 Å². The molecule has 0 spiro atoms. The normalized spacial score (nSPS) is 12.2. The fourth-order valence-electron chi connectivity index (χ4n) is 2.48. The van der Waals surface area contributed by atoms with Gasteiger partial charge in [0.2, 0.25) is 12.7 Å². The van der Waals surface area contributed by atoms with Crippen molar-refractivity contribution in [3.05, 3.63) is 54.0 Å². The van der Waals surface area contributed by atoms with Gasteiger partial charge in [0.05, 0.1) is 12.2 Å². The molecule has 134 valence electrons. The summed E-state index contributed by atoms with van der Waals surface area (Å²) in [5.41, 5.74) is 1.05. The first-order valence-corrected chi connectivity index (χ1v) is 7.89. The summed E-state index contributed by atoms with van der Waals surface area (Å²) < 4.78 is 21.5. The molecule has 3 heterocycles. The van der Waals surface area contributed by atoms with Gasteiger partial charge in [-0.3, -0.25) is 9.89 Å². The van der Waals surface area contributed by atoms with Crippen molar-refractivity contribution >= 4 is 5.91 Å². The quantitative estimate of drug-likeness (QED) is 0.720. The second kappa shape index (κ2) is 6.79. The second-order valence-corrected chi connectivity index (χ2v) is 5.67. The molecule has 9 heteroatoms.